The summed E-state index contributed by atoms with van der Waals surface area (Å²) in [6.07, 6.45) is 2.81. The predicted octanol–water partition coefficient (Wildman–Crippen LogP) is 12.7. The molecule has 0 unspecified atom stereocenters. The summed E-state index contributed by atoms with van der Waals surface area (Å²) in [5.74, 6) is 0. The molecule has 0 aliphatic rings. The van der Waals surface area contributed by atoms with Gasteiger partial charge in [-0.3, -0.25) is 0 Å². The van der Waals surface area contributed by atoms with Crippen molar-refractivity contribution in [3.8, 4) is 0 Å². The topological polar surface area (TPSA) is 16.4 Å². The minimum Gasteiger partial charge on any atom is -0.462 e. The Bertz CT molecular complexity index is 1770. The number of anilines is 3. The van der Waals surface area contributed by atoms with Gasteiger partial charge in [-0.25, -0.2) is 0 Å². The third-order valence-electron chi connectivity index (χ3n) is 8.98. The van der Waals surface area contributed by atoms with Gasteiger partial charge < -0.3 is 9.32 Å². The lowest BCUT2D eigenvalue weighted by molar-refractivity contribution is 0.588. The van der Waals surface area contributed by atoms with Gasteiger partial charge in [0.1, 0.15) is 11.8 Å². The number of rotatable bonds is 5. The van der Waals surface area contributed by atoms with Gasteiger partial charge in [0.25, 0.3) is 0 Å². The summed E-state index contributed by atoms with van der Waals surface area (Å²) in [5, 5.41) is 1.13. The lowest BCUT2D eigenvalue weighted by Gasteiger charge is -2.29. The maximum Gasteiger partial charge on any atom is 0.136 e. The fraction of sp³-hybridized carbons (Fsp3) is 0.395. The fourth-order valence-corrected chi connectivity index (χ4v) is 5.89. The van der Waals surface area contributed by atoms with Gasteiger partial charge in [-0.15, -0.1) is 0 Å². The van der Waals surface area contributed by atoms with E-state index in [0.29, 0.717) is 0 Å². The smallest absolute Gasteiger partial charge is 0.136 e. The summed E-state index contributed by atoms with van der Waals surface area (Å²) in [6.45, 7) is 27.3. The molecule has 45 heavy (non-hydrogen) atoms. The van der Waals surface area contributed by atoms with E-state index < -0.39 is 0 Å². The van der Waals surface area contributed by atoms with Crippen LogP contribution in [0, 0.1) is 0 Å². The van der Waals surface area contributed by atoms with Crippen LogP contribution in [0.4, 0.5) is 17.1 Å². The van der Waals surface area contributed by atoms with Crippen LogP contribution < -0.4 is 4.90 Å². The zero-order valence-corrected chi connectivity index (χ0v) is 29.7. The Morgan fingerprint density at radius 3 is 1.51 bits per heavy atom. The number of benzene rings is 4. The lowest BCUT2D eigenvalue weighted by atomic mass is 9.84. The maximum atomic E-state index is 6.24. The van der Waals surface area contributed by atoms with Crippen LogP contribution in [0.1, 0.15) is 116 Å². The number of furan rings is 1. The first kappa shape index (κ1) is 32.6. The minimum absolute atomic E-state index is 0.0134. The Morgan fingerprint density at radius 1 is 0.467 bits per heavy atom. The molecule has 0 saturated heterocycles. The summed E-state index contributed by atoms with van der Waals surface area (Å²) in [6, 6.07) is 32.0. The normalized spacial score (nSPS) is 13.0. The van der Waals surface area contributed by atoms with Crippen molar-refractivity contribution in [1.29, 1.82) is 0 Å². The third-order valence-corrected chi connectivity index (χ3v) is 8.98. The SMILES string of the molecule is CC(C)(C)c1ccc(Cc2cc(N(c3ccc(C(C)(C)C)cc3)c3coc4ccc(C(C)(C)C)cc34)cc(C(C)(C)C)c2)cc1. The summed E-state index contributed by atoms with van der Waals surface area (Å²) in [7, 11) is 0. The van der Waals surface area contributed by atoms with Gasteiger partial charge in [0.05, 0.1) is 5.69 Å². The van der Waals surface area contributed by atoms with Crippen molar-refractivity contribution < 1.29 is 4.42 Å². The summed E-state index contributed by atoms with van der Waals surface area (Å²) in [5.41, 5.74) is 12.4. The molecule has 0 radical (unpaired) electrons. The Kier molecular flexibility index (Phi) is 8.36. The van der Waals surface area contributed by atoms with E-state index in [2.05, 4.69) is 173 Å². The summed E-state index contributed by atoms with van der Waals surface area (Å²) >= 11 is 0. The molecular formula is C43H53NO. The number of nitrogens with zero attached hydrogens (tertiary/aromatic N) is 1. The first-order chi connectivity index (χ1) is 20.8. The largest absolute Gasteiger partial charge is 0.462 e. The summed E-state index contributed by atoms with van der Waals surface area (Å²) in [4.78, 5) is 2.39. The van der Waals surface area contributed by atoms with Gasteiger partial charge in [0.2, 0.25) is 0 Å². The van der Waals surface area contributed by atoms with Crippen LogP contribution in [0.25, 0.3) is 11.0 Å². The molecule has 0 aliphatic carbocycles. The number of hydrogen-bond donors (Lipinski definition) is 0. The molecule has 2 heteroatoms. The van der Waals surface area contributed by atoms with Crippen molar-refractivity contribution >= 4 is 28.0 Å². The zero-order valence-electron chi connectivity index (χ0n) is 29.7. The quantitative estimate of drug-likeness (QED) is 0.200. The van der Waals surface area contributed by atoms with Crippen molar-refractivity contribution in [2.45, 2.75) is 111 Å². The first-order valence-corrected chi connectivity index (χ1v) is 16.5. The molecule has 2 nitrogen and oxygen atoms in total. The van der Waals surface area contributed by atoms with E-state index in [0.717, 1.165) is 34.5 Å². The molecule has 5 aromatic rings. The second-order valence-corrected chi connectivity index (χ2v) is 17.0. The molecule has 0 spiro atoms. The molecule has 0 N–H and O–H groups in total. The highest BCUT2D eigenvalue weighted by molar-refractivity contribution is 5.97. The molecule has 0 atom stereocenters. The van der Waals surface area contributed by atoms with E-state index in [9.17, 15) is 0 Å². The molecule has 0 saturated carbocycles. The lowest BCUT2D eigenvalue weighted by Crippen LogP contribution is -2.16. The fourth-order valence-electron chi connectivity index (χ4n) is 5.89. The molecule has 0 amide bonds. The molecule has 1 aromatic heterocycles. The van der Waals surface area contributed by atoms with Crippen LogP contribution in [0.5, 0.6) is 0 Å². The van der Waals surface area contributed by atoms with E-state index in [-0.39, 0.29) is 21.7 Å². The Labute approximate surface area is 272 Å². The van der Waals surface area contributed by atoms with Gasteiger partial charge in [0.15, 0.2) is 0 Å². The van der Waals surface area contributed by atoms with Crippen LogP contribution >= 0.6 is 0 Å². The van der Waals surface area contributed by atoms with Gasteiger partial charge in [-0.2, -0.15) is 0 Å². The van der Waals surface area contributed by atoms with Crippen LogP contribution in [-0.4, -0.2) is 0 Å². The van der Waals surface area contributed by atoms with Crippen LogP contribution in [0.2, 0.25) is 0 Å². The van der Waals surface area contributed by atoms with Crippen molar-refractivity contribution in [2.24, 2.45) is 0 Å². The Balaban J connectivity index is 1.70. The second-order valence-electron chi connectivity index (χ2n) is 17.0. The predicted molar refractivity (Wildman–Crippen MR) is 195 cm³/mol. The molecule has 236 valence electrons. The first-order valence-electron chi connectivity index (χ1n) is 16.5. The van der Waals surface area contributed by atoms with Gasteiger partial charge >= 0.3 is 0 Å². The van der Waals surface area contributed by atoms with E-state index >= 15 is 0 Å². The third kappa shape index (κ3) is 7.22. The van der Waals surface area contributed by atoms with E-state index in [4.69, 9.17) is 4.42 Å². The van der Waals surface area contributed by atoms with E-state index in [1.165, 1.54) is 33.4 Å². The highest BCUT2D eigenvalue weighted by Gasteiger charge is 2.24. The summed E-state index contributed by atoms with van der Waals surface area (Å²) < 4.78 is 6.24. The standard InChI is InChI=1S/C43H53NO/c1-40(2,3)31-15-13-29(14-16-31)23-30-24-34(43(10,11)12)26-36(25-30)44(35-20-17-32(18-21-35)41(4,5)6)38-28-45-39-22-19-33(27-37(38)39)42(7,8)9/h13-22,24-28H,23H2,1-12H3. The monoisotopic (exact) mass is 599 g/mol. The minimum atomic E-state index is -0.0134. The average molecular weight is 600 g/mol. The number of fused-ring (bicyclic) bond motifs is 1. The van der Waals surface area contributed by atoms with Crippen LogP contribution in [-0.2, 0) is 28.1 Å². The Hall–Kier alpha value is -3.78. The maximum absolute atomic E-state index is 6.24. The van der Waals surface area contributed by atoms with Crippen molar-refractivity contribution in [3.05, 3.63) is 125 Å². The van der Waals surface area contributed by atoms with Crippen molar-refractivity contribution in [2.75, 3.05) is 4.90 Å². The average Bonchev–Trinajstić information content (AvgIpc) is 3.35. The Morgan fingerprint density at radius 2 is 0.978 bits per heavy atom. The second kappa shape index (κ2) is 11.5. The van der Waals surface area contributed by atoms with E-state index in [1.54, 1.807) is 0 Å². The van der Waals surface area contributed by atoms with Crippen molar-refractivity contribution in [3.63, 3.8) is 0 Å². The van der Waals surface area contributed by atoms with Crippen LogP contribution in [0.3, 0.4) is 0 Å². The highest BCUT2D eigenvalue weighted by atomic mass is 16.3. The molecule has 4 aromatic carbocycles. The van der Waals surface area contributed by atoms with Crippen molar-refractivity contribution in [1.82, 2.24) is 0 Å². The highest BCUT2D eigenvalue weighted by Crippen LogP contribution is 2.43. The molecule has 0 fully saturated rings. The molecule has 0 bridgehead atoms. The van der Waals surface area contributed by atoms with E-state index in [1.807, 2.05) is 6.26 Å². The number of hydrogen-bond acceptors (Lipinski definition) is 2. The molecular weight excluding hydrogens is 546 g/mol. The zero-order chi connectivity index (χ0) is 32.9. The van der Waals surface area contributed by atoms with Gasteiger partial charge in [0, 0.05) is 16.8 Å². The molecule has 0 aliphatic heterocycles. The molecule has 1 heterocycles. The van der Waals surface area contributed by atoms with Crippen LogP contribution in [0.15, 0.2) is 95.6 Å². The van der Waals surface area contributed by atoms with Gasteiger partial charge in [-0.1, -0.05) is 132 Å². The van der Waals surface area contributed by atoms with Gasteiger partial charge in [-0.05, 0) is 97.9 Å². The molecule has 5 rings (SSSR count).